The molecule has 1 fully saturated rings. The van der Waals surface area contributed by atoms with E-state index in [0.717, 1.165) is 28.6 Å². The van der Waals surface area contributed by atoms with Gasteiger partial charge in [0.05, 0.1) is 26.3 Å². The average molecular weight is 435 g/mol. The Labute approximate surface area is 188 Å². The molecule has 168 valence electrons. The number of carbonyl (C=O) groups is 2. The number of aromatic nitrogens is 1. The molecule has 32 heavy (non-hydrogen) atoms. The van der Waals surface area contributed by atoms with Gasteiger partial charge in [0.1, 0.15) is 5.75 Å². The fraction of sp³-hybridized carbons (Fsp3) is 0.385. The standard InChI is InChI=1S/C26H30N2O4/c1-17-15-28(16-21-9-8-20(26(30)32-3)13-24(21)31-2)23-12-19(10-11-22(17)23)25(29)27-14-18-6-4-5-7-18/h8-13,15,18H,4-7,14,16H2,1-3H3,(H,27,29). The minimum Gasteiger partial charge on any atom is -0.496 e. The molecule has 0 unspecified atom stereocenters. The lowest BCUT2D eigenvalue weighted by Crippen LogP contribution is -2.28. The van der Waals surface area contributed by atoms with Crippen LogP contribution in [0.3, 0.4) is 0 Å². The summed E-state index contributed by atoms with van der Waals surface area (Å²) in [4.78, 5) is 24.6. The quantitative estimate of drug-likeness (QED) is 0.547. The minimum atomic E-state index is -0.398. The van der Waals surface area contributed by atoms with Gasteiger partial charge in [0.25, 0.3) is 5.91 Å². The van der Waals surface area contributed by atoms with Gasteiger partial charge in [-0.1, -0.05) is 25.0 Å². The zero-order valence-corrected chi connectivity index (χ0v) is 18.9. The van der Waals surface area contributed by atoms with Crippen molar-refractivity contribution in [3.05, 3.63) is 64.8 Å². The molecule has 1 aliphatic rings. The van der Waals surface area contributed by atoms with Gasteiger partial charge in [-0.15, -0.1) is 0 Å². The highest BCUT2D eigenvalue weighted by Gasteiger charge is 2.17. The number of rotatable bonds is 7. The zero-order chi connectivity index (χ0) is 22.7. The second-order valence-electron chi connectivity index (χ2n) is 8.55. The van der Waals surface area contributed by atoms with E-state index in [2.05, 4.69) is 23.0 Å². The Bertz CT molecular complexity index is 1140. The first kappa shape index (κ1) is 21.9. The monoisotopic (exact) mass is 434 g/mol. The maximum Gasteiger partial charge on any atom is 0.337 e. The number of nitrogens with one attached hydrogen (secondary N) is 1. The number of aryl methyl sites for hydroxylation is 1. The molecule has 0 saturated heterocycles. The fourth-order valence-electron chi connectivity index (χ4n) is 4.60. The summed E-state index contributed by atoms with van der Waals surface area (Å²) in [7, 11) is 2.95. The molecule has 0 aliphatic heterocycles. The number of carbonyl (C=O) groups excluding carboxylic acids is 2. The van der Waals surface area contributed by atoms with Crippen LogP contribution >= 0.6 is 0 Å². The summed E-state index contributed by atoms with van der Waals surface area (Å²) in [6.07, 6.45) is 7.03. The number of benzene rings is 2. The Morgan fingerprint density at radius 1 is 1.06 bits per heavy atom. The van der Waals surface area contributed by atoms with Crippen LogP contribution < -0.4 is 10.1 Å². The van der Waals surface area contributed by atoms with Gasteiger partial charge in [0, 0.05) is 34.8 Å². The Hall–Kier alpha value is -3.28. The highest BCUT2D eigenvalue weighted by atomic mass is 16.5. The highest BCUT2D eigenvalue weighted by molar-refractivity contribution is 5.98. The number of nitrogens with zero attached hydrogens (tertiary/aromatic N) is 1. The van der Waals surface area contributed by atoms with Crippen LogP contribution in [-0.2, 0) is 11.3 Å². The molecule has 0 atom stereocenters. The zero-order valence-electron chi connectivity index (χ0n) is 18.9. The van der Waals surface area contributed by atoms with Gasteiger partial charge in [-0.25, -0.2) is 4.79 Å². The molecule has 1 N–H and O–H groups in total. The molecule has 0 bridgehead atoms. The predicted molar refractivity (Wildman–Crippen MR) is 124 cm³/mol. The Kier molecular flexibility index (Phi) is 6.49. The van der Waals surface area contributed by atoms with Gasteiger partial charge in [0.15, 0.2) is 0 Å². The topological polar surface area (TPSA) is 69.6 Å². The second kappa shape index (κ2) is 9.47. The van der Waals surface area contributed by atoms with E-state index < -0.39 is 5.97 Å². The molecular weight excluding hydrogens is 404 g/mol. The van der Waals surface area contributed by atoms with Crippen LogP contribution in [0.15, 0.2) is 42.6 Å². The Morgan fingerprint density at radius 3 is 2.53 bits per heavy atom. The lowest BCUT2D eigenvalue weighted by molar-refractivity contribution is 0.0600. The molecule has 0 radical (unpaired) electrons. The molecule has 2 aromatic carbocycles. The maximum atomic E-state index is 12.8. The van der Waals surface area contributed by atoms with Crippen molar-refractivity contribution in [3.63, 3.8) is 0 Å². The lowest BCUT2D eigenvalue weighted by Gasteiger charge is -2.13. The normalized spacial score (nSPS) is 14.0. The Balaban J connectivity index is 1.59. The van der Waals surface area contributed by atoms with E-state index in [9.17, 15) is 9.59 Å². The third kappa shape index (κ3) is 4.49. The average Bonchev–Trinajstić information content (AvgIpc) is 3.45. The second-order valence-corrected chi connectivity index (χ2v) is 8.55. The number of methoxy groups -OCH3 is 2. The van der Waals surface area contributed by atoms with E-state index >= 15 is 0 Å². The third-order valence-electron chi connectivity index (χ3n) is 6.42. The van der Waals surface area contributed by atoms with E-state index in [-0.39, 0.29) is 5.91 Å². The molecule has 1 saturated carbocycles. The van der Waals surface area contributed by atoms with Crippen LogP contribution in [0.1, 0.15) is 57.5 Å². The number of esters is 1. The first-order chi connectivity index (χ1) is 15.5. The largest absolute Gasteiger partial charge is 0.496 e. The molecule has 1 aromatic heterocycles. The third-order valence-corrected chi connectivity index (χ3v) is 6.42. The molecule has 6 nitrogen and oxygen atoms in total. The van der Waals surface area contributed by atoms with Crippen LogP contribution in [0.25, 0.3) is 10.9 Å². The van der Waals surface area contributed by atoms with Crippen LogP contribution in [0.4, 0.5) is 0 Å². The van der Waals surface area contributed by atoms with Crippen molar-refractivity contribution in [2.75, 3.05) is 20.8 Å². The van der Waals surface area contributed by atoms with Crippen LogP contribution in [0.2, 0.25) is 0 Å². The first-order valence-electron chi connectivity index (χ1n) is 11.1. The number of fused-ring (bicyclic) bond motifs is 1. The maximum absolute atomic E-state index is 12.8. The highest BCUT2D eigenvalue weighted by Crippen LogP contribution is 2.27. The summed E-state index contributed by atoms with van der Waals surface area (Å²) in [6.45, 7) is 3.37. The molecule has 4 rings (SSSR count). The van der Waals surface area contributed by atoms with Crippen LogP contribution in [0.5, 0.6) is 5.75 Å². The minimum absolute atomic E-state index is 0.0239. The van der Waals surface area contributed by atoms with E-state index in [4.69, 9.17) is 9.47 Å². The number of hydrogen-bond donors (Lipinski definition) is 1. The molecule has 1 amide bonds. The van der Waals surface area contributed by atoms with E-state index in [1.54, 1.807) is 19.2 Å². The smallest absolute Gasteiger partial charge is 0.337 e. The fourth-order valence-corrected chi connectivity index (χ4v) is 4.60. The van der Waals surface area contributed by atoms with Crippen molar-refractivity contribution in [2.24, 2.45) is 5.92 Å². The molecule has 6 heteroatoms. The Morgan fingerprint density at radius 2 is 1.81 bits per heavy atom. The van der Waals surface area contributed by atoms with Crippen LogP contribution in [-0.4, -0.2) is 37.2 Å². The van der Waals surface area contributed by atoms with E-state index in [0.29, 0.717) is 29.3 Å². The summed E-state index contributed by atoms with van der Waals surface area (Å²) in [5.41, 5.74) is 4.19. The number of hydrogen-bond acceptors (Lipinski definition) is 4. The van der Waals surface area contributed by atoms with E-state index in [1.807, 2.05) is 24.3 Å². The molecular formula is C26H30N2O4. The molecule has 3 aromatic rings. The SMILES string of the molecule is COC(=O)c1ccc(Cn2cc(C)c3ccc(C(=O)NCC4CCCC4)cc32)c(OC)c1. The van der Waals surface area contributed by atoms with Gasteiger partial charge in [-0.2, -0.15) is 0 Å². The summed E-state index contributed by atoms with van der Waals surface area (Å²) in [5, 5.41) is 4.22. The van der Waals surface area contributed by atoms with Crippen molar-refractivity contribution < 1.29 is 19.1 Å². The van der Waals surface area contributed by atoms with Gasteiger partial charge in [0.2, 0.25) is 0 Å². The summed E-state index contributed by atoms with van der Waals surface area (Å²) < 4.78 is 12.5. The first-order valence-corrected chi connectivity index (χ1v) is 11.1. The van der Waals surface area contributed by atoms with Crippen molar-refractivity contribution in [1.82, 2.24) is 9.88 Å². The summed E-state index contributed by atoms with van der Waals surface area (Å²) >= 11 is 0. The van der Waals surface area contributed by atoms with Crippen molar-refractivity contribution in [1.29, 1.82) is 0 Å². The molecule has 1 heterocycles. The van der Waals surface area contributed by atoms with Crippen molar-refractivity contribution >= 4 is 22.8 Å². The predicted octanol–water partition coefficient (Wildman–Crippen LogP) is 4.71. The van der Waals surface area contributed by atoms with Gasteiger partial charge in [-0.3, -0.25) is 4.79 Å². The number of ether oxygens (including phenoxy) is 2. The lowest BCUT2D eigenvalue weighted by atomic mass is 10.1. The summed E-state index contributed by atoms with van der Waals surface area (Å²) in [6, 6.07) is 11.2. The molecule has 0 spiro atoms. The molecule has 1 aliphatic carbocycles. The van der Waals surface area contributed by atoms with Crippen LogP contribution in [0, 0.1) is 12.8 Å². The number of amides is 1. The summed E-state index contributed by atoms with van der Waals surface area (Å²) in [5.74, 6) is 0.807. The van der Waals surface area contributed by atoms with Crippen molar-refractivity contribution in [2.45, 2.75) is 39.2 Å². The van der Waals surface area contributed by atoms with E-state index in [1.165, 1.54) is 32.8 Å². The van der Waals surface area contributed by atoms with Crippen molar-refractivity contribution in [3.8, 4) is 5.75 Å². The van der Waals surface area contributed by atoms with Gasteiger partial charge in [-0.05, 0) is 55.5 Å². The van der Waals surface area contributed by atoms with Gasteiger partial charge < -0.3 is 19.4 Å². The van der Waals surface area contributed by atoms with Gasteiger partial charge >= 0.3 is 5.97 Å².